The van der Waals surface area contributed by atoms with Crippen LogP contribution < -0.4 is 16.0 Å². The third-order valence-electron chi connectivity index (χ3n) is 4.18. The fourth-order valence-corrected chi connectivity index (χ4v) is 3.62. The van der Waals surface area contributed by atoms with Crippen LogP contribution in [-0.4, -0.2) is 32.1 Å². The molecular weight excluding hydrogens is 431 g/mol. The van der Waals surface area contributed by atoms with E-state index in [-0.39, 0.29) is 24.0 Å². The van der Waals surface area contributed by atoms with Gasteiger partial charge in [0.2, 0.25) is 0 Å². The molecule has 1 aromatic carbocycles. The van der Waals surface area contributed by atoms with Gasteiger partial charge in [0.25, 0.3) is 0 Å². The Kier molecular flexibility index (Phi) is 7.84. The Bertz CT molecular complexity index is 615. The fraction of sp³-hybridized carbons (Fsp3) is 0.389. The Labute approximate surface area is 165 Å². The molecule has 6 heteroatoms. The molecular formula is C18H25IN4S. The molecule has 0 amide bonds. The molecule has 0 radical (unpaired) electrons. The SMILES string of the molecule is I.NC(=NCC1CCN(c2ccccc2)C1)NCCc1cccs1. The minimum absolute atomic E-state index is 0. The largest absolute Gasteiger partial charge is 0.371 e. The van der Waals surface area contributed by atoms with E-state index in [1.54, 1.807) is 11.3 Å². The zero-order valence-electron chi connectivity index (χ0n) is 13.7. The monoisotopic (exact) mass is 456 g/mol. The van der Waals surface area contributed by atoms with E-state index in [4.69, 9.17) is 5.73 Å². The van der Waals surface area contributed by atoms with Crippen molar-refractivity contribution in [1.82, 2.24) is 5.32 Å². The van der Waals surface area contributed by atoms with Crippen LogP contribution in [0, 0.1) is 5.92 Å². The maximum atomic E-state index is 5.97. The predicted molar refractivity (Wildman–Crippen MR) is 115 cm³/mol. The fourth-order valence-electron chi connectivity index (χ4n) is 2.91. The van der Waals surface area contributed by atoms with E-state index < -0.39 is 0 Å². The van der Waals surface area contributed by atoms with Gasteiger partial charge in [-0.25, -0.2) is 0 Å². The standard InChI is InChI=1S/C18H24N4S.HI/c19-18(20-10-8-17-7-4-12-23-17)21-13-15-9-11-22(14-15)16-5-2-1-3-6-16;/h1-7,12,15H,8-11,13-14H2,(H3,19,20,21);1H. The molecule has 2 aromatic rings. The number of benzene rings is 1. The molecule has 3 N–H and O–H groups in total. The van der Waals surface area contributed by atoms with Crippen LogP contribution in [0.4, 0.5) is 5.69 Å². The van der Waals surface area contributed by atoms with Crippen LogP contribution in [-0.2, 0) is 6.42 Å². The molecule has 130 valence electrons. The average molecular weight is 456 g/mol. The molecule has 0 bridgehead atoms. The average Bonchev–Trinajstić information content (AvgIpc) is 3.25. The summed E-state index contributed by atoms with van der Waals surface area (Å²) in [5.41, 5.74) is 7.27. The van der Waals surface area contributed by atoms with Gasteiger partial charge in [0.1, 0.15) is 0 Å². The Hall–Kier alpha value is -1.28. The maximum absolute atomic E-state index is 5.97. The molecule has 0 spiro atoms. The maximum Gasteiger partial charge on any atom is 0.188 e. The number of anilines is 1. The molecule has 24 heavy (non-hydrogen) atoms. The summed E-state index contributed by atoms with van der Waals surface area (Å²) in [5.74, 6) is 1.16. The first-order valence-electron chi connectivity index (χ1n) is 8.17. The molecule has 1 unspecified atom stereocenters. The summed E-state index contributed by atoms with van der Waals surface area (Å²) < 4.78 is 0. The lowest BCUT2D eigenvalue weighted by Crippen LogP contribution is -2.33. The molecule has 1 aliphatic heterocycles. The molecule has 1 fully saturated rings. The smallest absolute Gasteiger partial charge is 0.188 e. The molecule has 3 rings (SSSR count). The van der Waals surface area contributed by atoms with Gasteiger partial charge in [-0.3, -0.25) is 4.99 Å². The highest BCUT2D eigenvalue weighted by atomic mass is 127. The van der Waals surface area contributed by atoms with Crippen LogP contribution in [0.25, 0.3) is 0 Å². The van der Waals surface area contributed by atoms with E-state index in [0.717, 1.165) is 32.6 Å². The highest BCUT2D eigenvalue weighted by molar-refractivity contribution is 14.0. The minimum Gasteiger partial charge on any atom is -0.371 e. The van der Waals surface area contributed by atoms with E-state index in [2.05, 4.69) is 63.1 Å². The van der Waals surface area contributed by atoms with Crippen molar-refractivity contribution in [2.45, 2.75) is 12.8 Å². The highest BCUT2D eigenvalue weighted by Gasteiger charge is 2.22. The van der Waals surface area contributed by atoms with E-state index in [1.807, 2.05) is 0 Å². The minimum atomic E-state index is 0. The van der Waals surface area contributed by atoms with E-state index >= 15 is 0 Å². The number of nitrogens with two attached hydrogens (primary N) is 1. The number of hydrogen-bond acceptors (Lipinski definition) is 3. The number of nitrogens with one attached hydrogen (secondary N) is 1. The van der Waals surface area contributed by atoms with Gasteiger partial charge in [0, 0.05) is 36.7 Å². The lowest BCUT2D eigenvalue weighted by molar-refractivity contribution is 0.601. The van der Waals surface area contributed by atoms with Crippen molar-refractivity contribution in [3.8, 4) is 0 Å². The molecule has 1 saturated heterocycles. The van der Waals surface area contributed by atoms with Crippen molar-refractivity contribution in [2.75, 3.05) is 31.1 Å². The summed E-state index contributed by atoms with van der Waals surface area (Å²) in [4.78, 5) is 8.32. The van der Waals surface area contributed by atoms with Gasteiger partial charge < -0.3 is 16.0 Å². The lowest BCUT2D eigenvalue weighted by Gasteiger charge is -2.18. The van der Waals surface area contributed by atoms with Crippen molar-refractivity contribution in [2.24, 2.45) is 16.6 Å². The van der Waals surface area contributed by atoms with Crippen molar-refractivity contribution < 1.29 is 0 Å². The zero-order valence-corrected chi connectivity index (χ0v) is 16.9. The Morgan fingerprint density at radius 1 is 1.25 bits per heavy atom. The summed E-state index contributed by atoms with van der Waals surface area (Å²) >= 11 is 1.78. The first-order chi connectivity index (χ1) is 11.3. The van der Waals surface area contributed by atoms with E-state index in [0.29, 0.717) is 11.9 Å². The van der Waals surface area contributed by atoms with Crippen LogP contribution in [0.15, 0.2) is 52.8 Å². The number of nitrogens with zero attached hydrogens (tertiary/aromatic N) is 2. The summed E-state index contributed by atoms with van der Waals surface area (Å²) in [7, 11) is 0. The first kappa shape index (κ1) is 19.1. The second-order valence-corrected chi connectivity index (χ2v) is 6.95. The van der Waals surface area contributed by atoms with Gasteiger partial charge in [0.15, 0.2) is 5.96 Å². The van der Waals surface area contributed by atoms with Crippen molar-refractivity contribution in [1.29, 1.82) is 0 Å². The second-order valence-electron chi connectivity index (χ2n) is 5.92. The molecule has 0 aliphatic carbocycles. The van der Waals surface area contributed by atoms with Crippen LogP contribution in [0.2, 0.25) is 0 Å². The number of halogens is 1. The van der Waals surface area contributed by atoms with E-state index in [9.17, 15) is 0 Å². The van der Waals surface area contributed by atoms with Gasteiger partial charge in [-0.1, -0.05) is 24.3 Å². The zero-order chi connectivity index (χ0) is 15.9. The topological polar surface area (TPSA) is 53.6 Å². The van der Waals surface area contributed by atoms with Crippen molar-refractivity contribution in [3.05, 3.63) is 52.7 Å². The quantitative estimate of drug-likeness (QED) is 0.398. The number of guanidine groups is 1. The van der Waals surface area contributed by atoms with Crippen molar-refractivity contribution in [3.63, 3.8) is 0 Å². The summed E-state index contributed by atoms with van der Waals surface area (Å²) in [6.07, 6.45) is 2.18. The molecule has 1 aromatic heterocycles. The predicted octanol–water partition coefficient (Wildman–Crippen LogP) is 3.34. The van der Waals surface area contributed by atoms with Crippen molar-refractivity contribution >= 4 is 47.0 Å². The summed E-state index contributed by atoms with van der Waals surface area (Å²) in [6, 6.07) is 14.8. The molecule has 0 saturated carbocycles. The molecule has 4 nitrogen and oxygen atoms in total. The van der Waals surface area contributed by atoms with Gasteiger partial charge in [-0.15, -0.1) is 35.3 Å². The van der Waals surface area contributed by atoms with Crippen LogP contribution in [0.5, 0.6) is 0 Å². The number of hydrogen-bond donors (Lipinski definition) is 2. The van der Waals surface area contributed by atoms with Crippen LogP contribution in [0.3, 0.4) is 0 Å². The molecule has 2 heterocycles. The third-order valence-corrected chi connectivity index (χ3v) is 5.12. The normalized spacial score (nSPS) is 17.6. The van der Waals surface area contributed by atoms with Gasteiger partial charge in [0.05, 0.1) is 0 Å². The van der Waals surface area contributed by atoms with Gasteiger partial charge in [-0.2, -0.15) is 0 Å². The van der Waals surface area contributed by atoms with E-state index in [1.165, 1.54) is 17.0 Å². The number of thiophene rings is 1. The highest BCUT2D eigenvalue weighted by Crippen LogP contribution is 2.23. The van der Waals surface area contributed by atoms with Crippen LogP contribution >= 0.6 is 35.3 Å². The Morgan fingerprint density at radius 2 is 2.08 bits per heavy atom. The summed E-state index contributed by atoms with van der Waals surface area (Å²) in [6.45, 7) is 3.82. The Morgan fingerprint density at radius 3 is 2.83 bits per heavy atom. The second kappa shape index (κ2) is 9.88. The first-order valence-corrected chi connectivity index (χ1v) is 9.05. The van der Waals surface area contributed by atoms with Gasteiger partial charge >= 0.3 is 0 Å². The molecule has 1 atom stereocenters. The molecule has 1 aliphatic rings. The number of para-hydroxylation sites is 1. The number of aliphatic imine (C=N–C) groups is 1. The third kappa shape index (κ3) is 5.66. The van der Waals surface area contributed by atoms with Crippen LogP contribution in [0.1, 0.15) is 11.3 Å². The lowest BCUT2D eigenvalue weighted by atomic mass is 10.1. The van der Waals surface area contributed by atoms with Gasteiger partial charge in [-0.05, 0) is 42.3 Å². The Balaban J connectivity index is 0.00000208. The number of rotatable bonds is 6. The summed E-state index contributed by atoms with van der Waals surface area (Å²) in [5, 5.41) is 5.31.